The van der Waals surface area contributed by atoms with Crippen molar-refractivity contribution in [2.75, 3.05) is 0 Å². The molecule has 0 spiro atoms. The summed E-state index contributed by atoms with van der Waals surface area (Å²) in [4.78, 5) is 22.3. The molecule has 0 unspecified atom stereocenters. The van der Waals surface area contributed by atoms with Crippen molar-refractivity contribution in [1.82, 2.24) is 19.4 Å². The number of imidazole rings is 1. The number of nitro groups is 1. The zero-order chi connectivity index (χ0) is 13.4. The number of hydrogen-bond donors (Lipinski definition) is 0. The zero-order valence-electron chi connectivity index (χ0n) is 9.39. The maximum atomic E-state index is 11.0. The summed E-state index contributed by atoms with van der Waals surface area (Å²) in [5.41, 5.74) is 0.825. The van der Waals surface area contributed by atoms with Crippen molar-refractivity contribution in [1.29, 1.82) is 0 Å². The van der Waals surface area contributed by atoms with Crippen molar-refractivity contribution in [3.8, 4) is 11.5 Å². The Labute approximate surface area is 111 Å². The second-order valence-corrected chi connectivity index (χ2v) is 4.02. The number of aromatic nitrogens is 4. The number of rotatable bonds is 2. The van der Waals surface area contributed by atoms with E-state index in [9.17, 15) is 10.1 Å². The van der Waals surface area contributed by atoms with E-state index in [1.54, 1.807) is 34.9 Å². The molecular weight excluding hydrogens is 270 g/mol. The molecule has 0 radical (unpaired) electrons. The highest BCUT2D eigenvalue weighted by atomic mass is 35.5. The molecule has 3 aromatic rings. The van der Waals surface area contributed by atoms with Crippen LogP contribution < -0.4 is 0 Å². The highest BCUT2D eigenvalue weighted by Crippen LogP contribution is 2.26. The molecule has 94 valence electrons. The number of nitrogens with zero attached hydrogens (tertiary/aromatic N) is 5. The molecule has 0 aromatic carbocycles. The lowest BCUT2D eigenvalue weighted by Crippen LogP contribution is -1.92. The van der Waals surface area contributed by atoms with Crippen LogP contribution in [0.4, 0.5) is 5.82 Å². The Bertz CT molecular complexity index is 786. The van der Waals surface area contributed by atoms with Crippen molar-refractivity contribution < 1.29 is 4.92 Å². The average molecular weight is 276 g/mol. The van der Waals surface area contributed by atoms with Gasteiger partial charge in [0.1, 0.15) is 11.2 Å². The summed E-state index contributed by atoms with van der Waals surface area (Å²) < 4.78 is 1.59. The fourth-order valence-electron chi connectivity index (χ4n) is 1.80. The molecule has 3 aromatic heterocycles. The molecule has 0 atom stereocenters. The molecule has 0 N–H and O–H groups in total. The summed E-state index contributed by atoms with van der Waals surface area (Å²) in [6, 6.07) is 6.68. The normalized spacial score (nSPS) is 10.8. The summed E-state index contributed by atoms with van der Waals surface area (Å²) in [7, 11) is 0. The van der Waals surface area contributed by atoms with Crippen LogP contribution in [0.1, 0.15) is 0 Å². The van der Waals surface area contributed by atoms with E-state index in [0.29, 0.717) is 17.0 Å². The molecule has 3 rings (SSSR count). The van der Waals surface area contributed by atoms with Gasteiger partial charge in [0.05, 0.1) is 0 Å². The van der Waals surface area contributed by atoms with Gasteiger partial charge in [-0.1, -0.05) is 6.07 Å². The molecule has 8 heteroatoms. The molecule has 7 nitrogen and oxygen atoms in total. The van der Waals surface area contributed by atoms with Crippen LogP contribution in [0.2, 0.25) is 5.28 Å². The minimum atomic E-state index is -0.526. The molecular formula is C11H6ClN5O2. The maximum Gasteiger partial charge on any atom is 0.390 e. The Kier molecular flexibility index (Phi) is 2.60. The molecule has 19 heavy (non-hydrogen) atoms. The van der Waals surface area contributed by atoms with Crippen LogP contribution >= 0.6 is 11.6 Å². The molecule has 0 saturated heterocycles. The number of halogens is 1. The van der Waals surface area contributed by atoms with Crippen LogP contribution in [0.15, 0.2) is 36.7 Å². The Morgan fingerprint density at radius 2 is 2.11 bits per heavy atom. The molecule has 0 bridgehead atoms. The minimum absolute atomic E-state index is 0.0628. The van der Waals surface area contributed by atoms with E-state index < -0.39 is 4.92 Å². The Balaban J connectivity index is 2.33. The van der Waals surface area contributed by atoms with E-state index in [4.69, 9.17) is 11.6 Å². The largest absolute Gasteiger partial charge is 0.390 e. The van der Waals surface area contributed by atoms with Gasteiger partial charge in [-0.2, -0.15) is 0 Å². The van der Waals surface area contributed by atoms with Gasteiger partial charge >= 0.3 is 5.82 Å². The van der Waals surface area contributed by atoms with Gasteiger partial charge in [0.25, 0.3) is 5.82 Å². The minimum Gasteiger partial charge on any atom is -0.358 e. The van der Waals surface area contributed by atoms with Gasteiger partial charge in [0, 0.05) is 12.4 Å². The van der Waals surface area contributed by atoms with E-state index in [2.05, 4.69) is 15.0 Å². The first-order valence-electron chi connectivity index (χ1n) is 5.27. The Hall–Kier alpha value is -2.54. The summed E-state index contributed by atoms with van der Waals surface area (Å²) in [5, 5.41) is 11.1. The van der Waals surface area contributed by atoms with Gasteiger partial charge in [-0.15, -0.1) is 0 Å². The fraction of sp³-hybridized carbons (Fsp3) is 0. The molecule has 0 fully saturated rings. The van der Waals surface area contributed by atoms with Crippen LogP contribution in [0.3, 0.4) is 0 Å². The topological polar surface area (TPSA) is 86.2 Å². The lowest BCUT2D eigenvalue weighted by atomic mass is 10.3. The third kappa shape index (κ3) is 1.89. The van der Waals surface area contributed by atoms with Gasteiger partial charge in [-0.3, -0.25) is 4.40 Å². The van der Waals surface area contributed by atoms with E-state index in [1.165, 1.54) is 6.20 Å². The van der Waals surface area contributed by atoms with Gasteiger partial charge in [0.15, 0.2) is 0 Å². The molecule has 0 aliphatic carbocycles. The van der Waals surface area contributed by atoms with E-state index in [0.717, 1.165) is 0 Å². The lowest BCUT2D eigenvalue weighted by molar-refractivity contribution is -0.387. The first kappa shape index (κ1) is 11.5. The first-order chi connectivity index (χ1) is 9.16. The standard InChI is InChI=1S/C11H6ClN5O2/c12-11-13-5-4-7(14-11)9-15-10(17(18)19)8-3-1-2-6-16(8)9/h1-6H. The Morgan fingerprint density at radius 3 is 2.84 bits per heavy atom. The number of fused-ring (bicyclic) bond motifs is 1. The maximum absolute atomic E-state index is 11.0. The van der Waals surface area contributed by atoms with Crippen molar-refractivity contribution in [3.63, 3.8) is 0 Å². The van der Waals surface area contributed by atoms with Gasteiger partial charge in [-0.25, -0.2) is 9.97 Å². The first-order valence-corrected chi connectivity index (χ1v) is 5.65. The molecule has 0 amide bonds. The predicted octanol–water partition coefficient (Wildman–Crippen LogP) is 2.35. The third-order valence-corrected chi connectivity index (χ3v) is 2.74. The number of hydrogen-bond acceptors (Lipinski definition) is 5. The van der Waals surface area contributed by atoms with E-state index in [1.807, 2.05) is 0 Å². The van der Waals surface area contributed by atoms with Crippen molar-refractivity contribution in [2.45, 2.75) is 0 Å². The van der Waals surface area contributed by atoms with Crippen LogP contribution in [0.25, 0.3) is 17.0 Å². The van der Waals surface area contributed by atoms with Gasteiger partial charge in [0.2, 0.25) is 5.28 Å². The zero-order valence-corrected chi connectivity index (χ0v) is 10.2. The molecule has 0 aliphatic heterocycles. The lowest BCUT2D eigenvalue weighted by Gasteiger charge is -1.96. The van der Waals surface area contributed by atoms with Crippen LogP contribution in [0, 0.1) is 10.1 Å². The highest BCUT2D eigenvalue weighted by Gasteiger charge is 2.23. The predicted molar refractivity (Wildman–Crippen MR) is 67.9 cm³/mol. The Morgan fingerprint density at radius 1 is 1.26 bits per heavy atom. The molecule has 3 heterocycles. The summed E-state index contributed by atoms with van der Waals surface area (Å²) in [6.45, 7) is 0. The van der Waals surface area contributed by atoms with Crippen LogP contribution in [-0.2, 0) is 0 Å². The van der Waals surface area contributed by atoms with Crippen molar-refractivity contribution in [3.05, 3.63) is 52.1 Å². The van der Waals surface area contributed by atoms with Crippen molar-refractivity contribution >= 4 is 22.9 Å². The summed E-state index contributed by atoms with van der Waals surface area (Å²) in [6.07, 6.45) is 3.15. The summed E-state index contributed by atoms with van der Waals surface area (Å²) in [5.74, 6) is 0.136. The number of pyridine rings is 1. The van der Waals surface area contributed by atoms with Gasteiger partial charge in [-0.05, 0) is 39.7 Å². The van der Waals surface area contributed by atoms with Gasteiger partial charge < -0.3 is 10.1 Å². The monoisotopic (exact) mass is 275 g/mol. The third-order valence-electron chi connectivity index (χ3n) is 2.56. The average Bonchev–Trinajstić information content (AvgIpc) is 2.78. The SMILES string of the molecule is O=[N+]([O-])c1nc(-c2ccnc(Cl)n2)n2ccccc12. The summed E-state index contributed by atoms with van der Waals surface area (Å²) >= 11 is 5.72. The fourth-order valence-corrected chi connectivity index (χ4v) is 1.94. The van der Waals surface area contributed by atoms with Crippen LogP contribution in [0.5, 0.6) is 0 Å². The second-order valence-electron chi connectivity index (χ2n) is 3.68. The smallest absolute Gasteiger partial charge is 0.358 e. The molecule has 0 saturated carbocycles. The molecule has 0 aliphatic rings. The van der Waals surface area contributed by atoms with Crippen molar-refractivity contribution in [2.24, 2.45) is 0 Å². The van der Waals surface area contributed by atoms with E-state index >= 15 is 0 Å². The quantitative estimate of drug-likeness (QED) is 0.407. The second kappa shape index (κ2) is 4.29. The van der Waals surface area contributed by atoms with E-state index in [-0.39, 0.29) is 11.1 Å². The highest BCUT2D eigenvalue weighted by molar-refractivity contribution is 6.28. The van der Waals surface area contributed by atoms with Crippen LogP contribution in [-0.4, -0.2) is 24.3 Å².